The van der Waals surface area contributed by atoms with Crippen LogP contribution in [0.1, 0.15) is 22.6 Å². The maximum absolute atomic E-state index is 12.4. The SMILES string of the molecule is COCCCNC(=O)c1nc(-c2ccc(Cl)cc2)n(-c2cccc(C)c2)n1. The number of nitrogens with zero attached hydrogens (tertiary/aromatic N) is 3. The van der Waals surface area contributed by atoms with E-state index in [0.29, 0.717) is 24.0 Å². The van der Waals surface area contributed by atoms with Crippen LogP contribution in [0.25, 0.3) is 17.1 Å². The Balaban J connectivity index is 1.96. The summed E-state index contributed by atoms with van der Waals surface area (Å²) >= 11 is 6.00. The van der Waals surface area contributed by atoms with E-state index in [9.17, 15) is 4.79 Å². The third-order valence-electron chi connectivity index (χ3n) is 3.97. The number of aromatic nitrogens is 3. The molecule has 0 radical (unpaired) electrons. The zero-order valence-corrected chi connectivity index (χ0v) is 16.0. The molecule has 0 atom stereocenters. The summed E-state index contributed by atoms with van der Waals surface area (Å²) in [5.74, 6) is 0.394. The number of benzene rings is 2. The van der Waals surface area contributed by atoms with Crippen LogP contribution in [0.2, 0.25) is 5.02 Å². The van der Waals surface area contributed by atoms with Crippen LogP contribution in [-0.2, 0) is 4.74 Å². The number of methoxy groups -OCH3 is 1. The summed E-state index contributed by atoms with van der Waals surface area (Å²) < 4.78 is 6.67. The summed E-state index contributed by atoms with van der Waals surface area (Å²) in [4.78, 5) is 16.9. The van der Waals surface area contributed by atoms with E-state index in [1.807, 2.05) is 43.3 Å². The number of nitrogens with one attached hydrogen (secondary N) is 1. The number of carbonyl (C=O) groups is 1. The van der Waals surface area contributed by atoms with Crippen LogP contribution in [0.4, 0.5) is 0 Å². The molecule has 0 unspecified atom stereocenters. The highest BCUT2D eigenvalue weighted by molar-refractivity contribution is 6.30. The molecule has 0 bridgehead atoms. The second kappa shape index (κ2) is 8.79. The van der Waals surface area contributed by atoms with Crippen LogP contribution in [0.5, 0.6) is 0 Å². The molecule has 3 rings (SSSR count). The number of ether oxygens (including phenoxy) is 1. The van der Waals surface area contributed by atoms with Crippen LogP contribution in [0.3, 0.4) is 0 Å². The molecule has 1 heterocycles. The van der Waals surface area contributed by atoms with Crippen molar-refractivity contribution in [2.75, 3.05) is 20.3 Å². The van der Waals surface area contributed by atoms with Gasteiger partial charge in [0, 0.05) is 30.8 Å². The normalized spacial score (nSPS) is 10.8. The first-order valence-electron chi connectivity index (χ1n) is 8.65. The Kier molecular flexibility index (Phi) is 6.21. The third kappa shape index (κ3) is 4.72. The number of carbonyl (C=O) groups excluding carboxylic acids is 1. The molecule has 0 fully saturated rings. The number of rotatable bonds is 7. The molecule has 1 amide bonds. The Morgan fingerprint density at radius 3 is 2.70 bits per heavy atom. The minimum Gasteiger partial charge on any atom is -0.385 e. The van der Waals surface area contributed by atoms with E-state index < -0.39 is 0 Å². The molecule has 0 saturated carbocycles. The highest BCUT2D eigenvalue weighted by Gasteiger charge is 2.18. The molecular weight excluding hydrogens is 364 g/mol. The zero-order valence-electron chi connectivity index (χ0n) is 15.3. The van der Waals surface area contributed by atoms with E-state index in [1.165, 1.54) is 0 Å². The maximum atomic E-state index is 12.4. The molecule has 0 aliphatic heterocycles. The van der Waals surface area contributed by atoms with Crippen molar-refractivity contribution in [1.82, 2.24) is 20.1 Å². The lowest BCUT2D eigenvalue weighted by Crippen LogP contribution is -2.26. The van der Waals surface area contributed by atoms with Gasteiger partial charge in [-0.2, -0.15) is 0 Å². The van der Waals surface area contributed by atoms with Gasteiger partial charge in [-0.05, 0) is 55.3 Å². The van der Waals surface area contributed by atoms with E-state index in [1.54, 1.807) is 23.9 Å². The lowest BCUT2D eigenvalue weighted by Gasteiger charge is -2.06. The van der Waals surface area contributed by atoms with E-state index in [4.69, 9.17) is 16.3 Å². The summed E-state index contributed by atoms with van der Waals surface area (Å²) in [5.41, 5.74) is 2.76. The third-order valence-corrected chi connectivity index (χ3v) is 4.22. The first kappa shape index (κ1) is 19.1. The molecule has 7 heteroatoms. The van der Waals surface area contributed by atoms with Crippen molar-refractivity contribution >= 4 is 17.5 Å². The second-order valence-corrected chi connectivity index (χ2v) is 6.56. The molecule has 0 saturated heterocycles. The predicted octanol–water partition coefficient (Wildman–Crippen LogP) is 3.66. The monoisotopic (exact) mass is 384 g/mol. The summed E-state index contributed by atoms with van der Waals surface area (Å²) in [5, 5.41) is 7.90. The number of halogens is 1. The average Bonchev–Trinajstić information content (AvgIpc) is 3.11. The Labute approximate surface area is 163 Å². The molecule has 0 aliphatic rings. The standard InChI is InChI=1S/C20H21ClN4O2/c1-14-5-3-6-17(13-14)25-19(15-7-9-16(21)10-8-15)23-18(24-25)20(26)22-11-4-12-27-2/h3,5-10,13H,4,11-12H2,1-2H3,(H,22,26). The van der Waals surface area contributed by atoms with Crippen LogP contribution in [0.15, 0.2) is 48.5 Å². The number of amides is 1. The van der Waals surface area contributed by atoms with Crippen molar-refractivity contribution in [1.29, 1.82) is 0 Å². The Hall–Kier alpha value is -2.70. The summed E-state index contributed by atoms with van der Waals surface area (Å²) in [7, 11) is 1.63. The largest absolute Gasteiger partial charge is 0.385 e. The van der Waals surface area contributed by atoms with Crippen molar-refractivity contribution in [3.05, 3.63) is 64.9 Å². The number of hydrogen-bond acceptors (Lipinski definition) is 4. The zero-order chi connectivity index (χ0) is 19.2. The fourth-order valence-electron chi connectivity index (χ4n) is 2.63. The average molecular weight is 385 g/mol. The molecule has 27 heavy (non-hydrogen) atoms. The van der Waals surface area contributed by atoms with E-state index >= 15 is 0 Å². The maximum Gasteiger partial charge on any atom is 0.290 e. The van der Waals surface area contributed by atoms with Crippen LogP contribution in [-0.4, -0.2) is 40.9 Å². The van der Waals surface area contributed by atoms with Gasteiger partial charge in [0.2, 0.25) is 5.82 Å². The molecule has 0 aliphatic carbocycles. The van der Waals surface area contributed by atoms with Gasteiger partial charge in [-0.3, -0.25) is 4.79 Å². The van der Waals surface area contributed by atoms with Crippen molar-refractivity contribution in [2.24, 2.45) is 0 Å². The van der Waals surface area contributed by atoms with E-state index in [-0.39, 0.29) is 11.7 Å². The summed E-state index contributed by atoms with van der Waals surface area (Å²) in [6, 6.07) is 15.2. The minimum absolute atomic E-state index is 0.124. The van der Waals surface area contributed by atoms with Gasteiger partial charge in [-0.15, -0.1) is 5.10 Å². The van der Waals surface area contributed by atoms with Gasteiger partial charge in [0.25, 0.3) is 5.91 Å². The topological polar surface area (TPSA) is 69.0 Å². The second-order valence-electron chi connectivity index (χ2n) is 6.12. The quantitative estimate of drug-likeness (QED) is 0.631. The molecule has 1 N–H and O–H groups in total. The van der Waals surface area contributed by atoms with Gasteiger partial charge in [0.1, 0.15) is 0 Å². The smallest absolute Gasteiger partial charge is 0.290 e. The summed E-state index contributed by atoms with van der Waals surface area (Å²) in [6.45, 7) is 3.09. The fraction of sp³-hybridized carbons (Fsp3) is 0.250. The Bertz CT molecular complexity index is 922. The number of hydrogen-bond donors (Lipinski definition) is 1. The molecule has 2 aromatic carbocycles. The first-order chi connectivity index (χ1) is 13.1. The van der Waals surface area contributed by atoms with Crippen molar-refractivity contribution in [2.45, 2.75) is 13.3 Å². The molecule has 3 aromatic rings. The van der Waals surface area contributed by atoms with Crippen LogP contribution >= 0.6 is 11.6 Å². The van der Waals surface area contributed by atoms with Crippen molar-refractivity contribution in [3.63, 3.8) is 0 Å². The lowest BCUT2D eigenvalue weighted by atomic mass is 10.2. The Morgan fingerprint density at radius 2 is 2.00 bits per heavy atom. The van der Waals surface area contributed by atoms with Crippen molar-refractivity contribution in [3.8, 4) is 17.1 Å². The fourth-order valence-corrected chi connectivity index (χ4v) is 2.76. The molecule has 6 nitrogen and oxygen atoms in total. The van der Waals surface area contributed by atoms with Gasteiger partial charge >= 0.3 is 0 Å². The lowest BCUT2D eigenvalue weighted by molar-refractivity contribution is 0.0938. The van der Waals surface area contributed by atoms with Gasteiger partial charge in [0.05, 0.1) is 5.69 Å². The molecular formula is C20H21ClN4O2. The molecule has 140 valence electrons. The van der Waals surface area contributed by atoms with Gasteiger partial charge in [-0.1, -0.05) is 23.7 Å². The minimum atomic E-state index is -0.312. The van der Waals surface area contributed by atoms with Crippen molar-refractivity contribution < 1.29 is 9.53 Å². The van der Waals surface area contributed by atoms with E-state index in [0.717, 1.165) is 23.2 Å². The van der Waals surface area contributed by atoms with Crippen LogP contribution in [0, 0.1) is 6.92 Å². The van der Waals surface area contributed by atoms with E-state index in [2.05, 4.69) is 15.4 Å². The molecule has 0 spiro atoms. The number of aryl methyl sites for hydroxylation is 1. The highest BCUT2D eigenvalue weighted by atomic mass is 35.5. The summed E-state index contributed by atoms with van der Waals surface area (Å²) in [6.07, 6.45) is 0.727. The Morgan fingerprint density at radius 1 is 1.22 bits per heavy atom. The van der Waals surface area contributed by atoms with Gasteiger partial charge in [-0.25, -0.2) is 9.67 Å². The first-order valence-corrected chi connectivity index (χ1v) is 9.03. The highest BCUT2D eigenvalue weighted by Crippen LogP contribution is 2.23. The van der Waals surface area contributed by atoms with Gasteiger partial charge < -0.3 is 10.1 Å². The predicted molar refractivity (Wildman–Crippen MR) is 105 cm³/mol. The van der Waals surface area contributed by atoms with Crippen LogP contribution < -0.4 is 5.32 Å². The van der Waals surface area contributed by atoms with Gasteiger partial charge in [0.15, 0.2) is 5.82 Å². The molecule has 1 aromatic heterocycles.